The van der Waals surface area contributed by atoms with Crippen LogP contribution in [-0.4, -0.2) is 30.1 Å². The van der Waals surface area contributed by atoms with Gasteiger partial charge in [0.15, 0.2) is 6.04 Å². The van der Waals surface area contributed by atoms with Crippen molar-refractivity contribution in [3.8, 4) is 0 Å². The van der Waals surface area contributed by atoms with Crippen LogP contribution >= 0.6 is 0 Å². The highest BCUT2D eigenvalue weighted by Gasteiger charge is 2.31. The van der Waals surface area contributed by atoms with Crippen LogP contribution in [0.3, 0.4) is 0 Å². The summed E-state index contributed by atoms with van der Waals surface area (Å²) in [6, 6.07) is 18.8. The minimum atomic E-state index is -0.0826. The Kier molecular flexibility index (Phi) is 4.05. The van der Waals surface area contributed by atoms with Crippen molar-refractivity contribution in [2.45, 2.75) is 18.4 Å². The van der Waals surface area contributed by atoms with Gasteiger partial charge in [0, 0.05) is 23.5 Å². The first-order valence-corrected chi connectivity index (χ1v) is 8.44. The standard InChI is InChI=1S/C20H20N2O2/c23-20-19(10-11-24-20)22-12-16(14-6-2-1-3-7-14)17-13-21-18-9-5-4-8-15(17)18/h1-9,13,16,19,21-22H,10-12H2/p+1/t16-,19+/m0/s1. The second-order valence-electron chi connectivity index (χ2n) is 6.29. The minimum Gasteiger partial charge on any atom is -0.461 e. The summed E-state index contributed by atoms with van der Waals surface area (Å²) in [5.41, 5.74) is 3.69. The second kappa shape index (κ2) is 6.49. The summed E-state index contributed by atoms with van der Waals surface area (Å²) in [6.45, 7) is 1.37. The minimum absolute atomic E-state index is 0.0681. The van der Waals surface area contributed by atoms with E-state index in [0.717, 1.165) is 18.5 Å². The Labute approximate surface area is 140 Å². The normalized spacial score (nSPS) is 18.7. The molecule has 0 unspecified atom stereocenters. The van der Waals surface area contributed by atoms with Gasteiger partial charge >= 0.3 is 5.97 Å². The number of esters is 1. The molecular formula is C20H21N2O2+. The number of benzene rings is 2. The lowest BCUT2D eigenvalue weighted by molar-refractivity contribution is -0.677. The van der Waals surface area contributed by atoms with Gasteiger partial charge in [0.2, 0.25) is 0 Å². The zero-order valence-electron chi connectivity index (χ0n) is 13.4. The van der Waals surface area contributed by atoms with Crippen LogP contribution < -0.4 is 5.32 Å². The van der Waals surface area contributed by atoms with E-state index in [9.17, 15) is 4.79 Å². The highest BCUT2D eigenvalue weighted by molar-refractivity contribution is 5.84. The van der Waals surface area contributed by atoms with E-state index in [1.54, 1.807) is 0 Å². The zero-order chi connectivity index (χ0) is 16.4. The van der Waals surface area contributed by atoms with Crippen LogP contribution in [0, 0.1) is 0 Å². The summed E-state index contributed by atoms with van der Waals surface area (Å²) < 4.78 is 5.09. The van der Waals surface area contributed by atoms with E-state index in [2.05, 4.69) is 59.0 Å². The van der Waals surface area contributed by atoms with Gasteiger partial charge in [-0.2, -0.15) is 0 Å². The van der Waals surface area contributed by atoms with Crippen molar-refractivity contribution in [3.05, 3.63) is 71.9 Å². The maximum absolute atomic E-state index is 11.8. The molecule has 0 amide bonds. The number of rotatable bonds is 5. The molecule has 3 N–H and O–H groups in total. The number of carbonyl (C=O) groups excluding carboxylic acids is 1. The maximum Gasteiger partial charge on any atom is 0.364 e. The predicted octanol–water partition coefficient (Wildman–Crippen LogP) is 2.18. The fourth-order valence-electron chi connectivity index (χ4n) is 3.54. The number of nitrogens with two attached hydrogens (primary N) is 1. The average molecular weight is 321 g/mol. The molecule has 0 aliphatic carbocycles. The van der Waals surface area contributed by atoms with Crippen LogP contribution in [0.15, 0.2) is 60.8 Å². The second-order valence-corrected chi connectivity index (χ2v) is 6.29. The van der Waals surface area contributed by atoms with Crippen molar-refractivity contribution in [1.82, 2.24) is 4.98 Å². The summed E-state index contributed by atoms with van der Waals surface area (Å²) in [6.07, 6.45) is 2.90. The number of aromatic amines is 1. The number of fused-ring (bicyclic) bond motifs is 1. The van der Waals surface area contributed by atoms with Crippen molar-refractivity contribution in [2.75, 3.05) is 13.2 Å². The molecular weight excluding hydrogens is 300 g/mol. The molecule has 1 saturated heterocycles. The molecule has 2 heterocycles. The number of H-pyrrole nitrogens is 1. The molecule has 1 aromatic heterocycles. The molecule has 4 heteroatoms. The molecule has 1 fully saturated rings. The quantitative estimate of drug-likeness (QED) is 0.708. The first-order valence-electron chi connectivity index (χ1n) is 8.44. The van der Waals surface area contributed by atoms with Gasteiger partial charge in [-0.25, -0.2) is 4.79 Å². The van der Waals surface area contributed by atoms with Crippen LogP contribution in [0.5, 0.6) is 0 Å². The number of carbonyl (C=O) groups is 1. The van der Waals surface area contributed by atoms with E-state index in [1.807, 2.05) is 12.1 Å². The molecule has 0 spiro atoms. The molecule has 2 atom stereocenters. The third-order valence-corrected chi connectivity index (χ3v) is 4.83. The number of hydrogen-bond acceptors (Lipinski definition) is 2. The van der Waals surface area contributed by atoms with E-state index < -0.39 is 0 Å². The number of quaternary nitrogens is 1. The Balaban J connectivity index is 1.67. The molecule has 24 heavy (non-hydrogen) atoms. The Morgan fingerprint density at radius 3 is 2.71 bits per heavy atom. The molecule has 4 rings (SSSR count). The smallest absolute Gasteiger partial charge is 0.364 e. The van der Waals surface area contributed by atoms with Crippen LogP contribution in [0.25, 0.3) is 10.9 Å². The first kappa shape index (κ1) is 15.0. The van der Waals surface area contributed by atoms with E-state index in [4.69, 9.17) is 4.74 Å². The summed E-state index contributed by atoms with van der Waals surface area (Å²) in [4.78, 5) is 15.1. The molecule has 2 aromatic carbocycles. The van der Waals surface area contributed by atoms with E-state index >= 15 is 0 Å². The van der Waals surface area contributed by atoms with E-state index in [0.29, 0.717) is 6.61 Å². The number of hydrogen-bond donors (Lipinski definition) is 2. The zero-order valence-corrected chi connectivity index (χ0v) is 13.4. The fourth-order valence-corrected chi connectivity index (χ4v) is 3.54. The number of aromatic nitrogens is 1. The number of para-hydroxylation sites is 1. The highest BCUT2D eigenvalue weighted by atomic mass is 16.5. The Hall–Kier alpha value is -2.59. The highest BCUT2D eigenvalue weighted by Crippen LogP contribution is 2.29. The van der Waals surface area contributed by atoms with Crippen molar-refractivity contribution in [1.29, 1.82) is 0 Å². The number of ether oxygens (including phenoxy) is 1. The molecule has 1 aliphatic heterocycles. The lowest BCUT2D eigenvalue weighted by Crippen LogP contribution is -2.92. The Morgan fingerprint density at radius 1 is 1.12 bits per heavy atom. The Bertz CT molecular complexity index is 841. The molecule has 0 bridgehead atoms. The van der Waals surface area contributed by atoms with Gasteiger partial charge in [-0.3, -0.25) is 0 Å². The molecule has 3 aromatic rings. The SMILES string of the molecule is O=C1OCC[C@H]1[NH2+]C[C@@H](c1ccccc1)c1c[nH]c2ccccc12. The van der Waals surface area contributed by atoms with Crippen molar-refractivity contribution >= 4 is 16.9 Å². The van der Waals surface area contributed by atoms with Crippen molar-refractivity contribution in [3.63, 3.8) is 0 Å². The lowest BCUT2D eigenvalue weighted by atomic mass is 9.90. The molecule has 0 radical (unpaired) electrons. The van der Waals surface area contributed by atoms with Crippen LogP contribution in [0.2, 0.25) is 0 Å². The fraction of sp³-hybridized carbons (Fsp3) is 0.250. The lowest BCUT2D eigenvalue weighted by Gasteiger charge is -2.17. The third-order valence-electron chi connectivity index (χ3n) is 4.83. The first-order chi connectivity index (χ1) is 11.8. The topological polar surface area (TPSA) is 58.7 Å². The Morgan fingerprint density at radius 2 is 1.92 bits per heavy atom. The molecule has 0 saturated carbocycles. The predicted molar refractivity (Wildman–Crippen MR) is 92.7 cm³/mol. The van der Waals surface area contributed by atoms with Gasteiger partial charge < -0.3 is 15.0 Å². The van der Waals surface area contributed by atoms with E-state index in [1.165, 1.54) is 16.5 Å². The number of cyclic esters (lactones) is 1. The average Bonchev–Trinajstić information content (AvgIpc) is 3.23. The van der Waals surface area contributed by atoms with Crippen molar-refractivity contribution < 1.29 is 14.8 Å². The van der Waals surface area contributed by atoms with Crippen LogP contribution in [0.4, 0.5) is 0 Å². The number of nitrogens with one attached hydrogen (secondary N) is 1. The monoisotopic (exact) mass is 321 g/mol. The van der Waals surface area contributed by atoms with Gasteiger partial charge in [-0.05, 0) is 17.2 Å². The van der Waals surface area contributed by atoms with E-state index in [-0.39, 0.29) is 17.9 Å². The van der Waals surface area contributed by atoms with Gasteiger partial charge in [0.1, 0.15) is 0 Å². The van der Waals surface area contributed by atoms with Gasteiger partial charge in [0.25, 0.3) is 0 Å². The maximum atomic E-state index is 11.8. The molecule has 4 nitrogen and oxygen atoms in total. The molecule has 1 aliphatic rings. The summed E-state index contributed by atoms with van der Waals surface area (Å²) >= 11 is 0. The van der Waals surface area contributed by atoms with Gasteiger partial charge in [-0.15, -0.1) is 0 Å². The van der Waals surface area contributed by atoms with Crippen LogP contribution in [0.1, 0.15) is 23.5 Å². The van der Waals surface area contributed by atoms with Gasteiger partial charge in [0.05, 0.1) is 19.1 Å². The van der Waals surface area contributed by atoms with Gasteiger partial charge in [-0.1, -0.05) is 48.5 Å². The molecule has 122 valence electrons. The summed E-state index contributed by atoms with van der Waals surface area (Å²) in [5.74, 6) is 0.150. The third kappa shape index (κ3) is 2.81. The largest absolute Gasteiger partial charge is 0.461 e. The summed E-state index contributed by atoms with van der Waals surface area (Å²) in [7, 11) is 0. The summed E-state index contributed by atoms with van der Waals surface area (Å²) in [5, 5.41) is 3.38. The van der Waals surface area contributed by atoms with Crippen molar-refractivity contribution in [2.24, 2.45) is 0 Å². The van der Waals surface area contributed by atoms with Crippen LogP contribution in [-0.2, 0) is 9.53 Å².